The topological polar surface area (TPSA) is 70.3 Å². The van der Waals surface area contributed by atoms with Gasteiger partial charge in [0.15, 0.2) is 5.52 Å². The first kappa shape index (κ1) is 18.0. The van der Waals surface area contributed by atoms with Crippen LogP contribution in [0.4, 0.5) is 0 Å². The van der Waals surface area contributed by atoms with Crippen LogP contribution in [0.2, 0.25) is 0 Å². The number of fused-ring (bicyclic) bond motifs is 1. The summed E-state index contributed by atoms with van der Waals surface area (Å²) in [5.41, 5.74) is 3.90. The van der Waals surface area contributed by atoms with Crippen molar-refractivity contribution < 1.29 is 13.9 Å². The Labute approximate surface area is 163 Å². The summed E-state index contributed by atoms with van der Waals surface area (Å²) in [5, 5.41) is 0. The zero-order valence-electron chi connectivity index (χ0n) is 16.1. The average molecular weight is 375 g/mol. The first-order chi connectivity index (χ1) is 13.6. The Morgan fingerprint density at radius 3 is 2.46 bits per heavy atom. The monoisotopic (exact) mass is 375 g/mol. The van der Waals surface area contributed by atoms with Crippen LogP contribution in [0.15, 0.2) is 52.9 Å². The fraction of sp³-hybridized carbons (Fsp3) is 0.227. The highest BCUT2D eigenvalue weighted by Crippen LogP contribution is 2.31. The van der Waals surface area contributed by atoms with Gasteiger partial charge in [0.2, 0.25) is 5.89 Å². The van der Waals surface area contributed by atoms with Crippen molar-refractivity contribution in [1.82, 2.24) is 15.0 Å². The van der Waals surface area contributed by atoms with E-state index in [-0.39, 0.29) is 6.01 Å². The van der Waals surface area contributed by atoms with E-state index in [9.17, 15) is 0 Å². The van der Waals surface area contributed by atoms with E-state index in [0.717, 1.165) is 23.1 Å². The van der Waals surface area contributed by atoms with Crippen LogP contribution in [0, 0.1) is 13.8 Å². The first-order valence-corrected chi connectivity index (χ1v) is 9.25. The molecular formula is C22H21N3O3. The van der Waals surface area contributed by atoms with Crippen molar-refractivity contribution in [3.8, 4) is 29.1 Å². The molecule has 4 aromatic rings. The molecule has 0 spiro atoms. The Kier molecular flexibility index (Phi) is 4.93. The molecule has 2 heterocycles. The number of rotatable bonds is 6. The van der Waals surface area contributed by atoms with Gasteiger partial charge in [0.05, 0.1) is 6.61 Å². The second-order valence-corrected chi connectivity index (χ2v) is 6.62. The Morgan fingerprint density at radius 1 is 0.929 bits per heavy atom. The summed E-state index contributed by atoms with van der Waals surface area (Å²) in [7, 11) is 0. The molecule has 2 aromatic carbocycles. The molecule has 6 heteroatoms. The molecule has 0 fully saturated rings. The number of benzene rings is 2. The molecule has 6 nitrogen and oxygen atoms in total. The minimum atomic E-state index is 0.163. The Balaban J connectivity index is 1.77. The molecule has 2 aromatic heterocycles. The van der Waals surface area contributed by atoms with E-state index in [1.165, 1.54) is 0 Å². The van der Waals surface area contributed by atoms with Crippen molar-refractivity contribution in [3.05, 3.63) is 59.7 Å². The second kappa shape index (κ2) is 7.68. The summed E-state index contributed by atoms with van der Waals surface area (Å²) in [6.07, 6.45) is 0.849. The largest absolute Gasteiger partial charge is 0.476 e. The molecule has 0 aliphatic rings. The summed E-state index contributed by atoms with van der Waals surface area (Å²) in [6.45, 7) is 6.57. The van der Waals surface area contributed by atoms with Gasteiger partial charge in [0.25, 0.3) is 11.6 Å². The van der Waals surface area contributed by atoms with Crippen LogP contribution in [0.3, 0.4) is 0 Å². The summed E-state index contributed by atoms with van der Waals surface area (Å²) in [6, 6.07) is 15.8. The lowest BCUT2D eigenvalue weighted by Crippen LogP contribution is -2.01. The van der Waals surface area contributed by atoms with Crippen molar-refractivity contribution in [3.63, 3.8) is 0 Å². The molecular weight excluding hydrogens is 354 g/mol. The van der Waals surface area contributed by atoms with Gasteiger partial charge in [-0.25, -0.2) is 4.98 Å². The molecule has 0 amide bonds. The van der Waals surface area contributed by atoms with Gasteiger partial charge in [-0.3, -0.25) is 0 Å². The van der Waals surface area contributed by atoms with Crippen molar-refractivity contribution in [2.75, 3.05) is 6.61 Å². The number of hydrogen-bond acceptors (Lipinski definition) is 6. The van der Waals surface area contributed by atoms with Gasteiger partial charge in [-0.05, 0) is 50.1 Å². The van der Waals surface area contributed by atoms with Gasteiger partial charge in [-0.2, -0.15) is 9.97 Å². The molecule has 0 N–H and O–H groups in total. The third-order valence-electron chi connectivity index (χ3n) is 4.11. The van der Waals surface area contributed by atoms with Gasteiger partial charge in [-0.1, -0.05) is 36.8 Å². The molecule has 0 atom stereocenters. The number of aryl methyl sites for hydroxylation is 2. The SMILES string of the molecule is CCCOc1nc(Oc2cccc(C)c2)nc2oc(-c3cccc(C)c3)nc12. The second-order valence-electron chi connectivity index (χ2n) is 6.62. The van der Waals surface area contributed by atoms with Crippen LogP contribution < -0.4 is 9.47 Å². The van der Waals surface area contributed by atoms with E-state index in [4.69, 9.17) is 13.9 Å². The fourth-order valence-electron chi connectivity index (χ4n) is 2.81. The summed E-state index contributed by atoms with van der Waals surface area (Å²) >= 11 is 0. The maximum atomic E-state index is 5.91. The average Bonchev–Trinajstić information content (AvgIpc) is 3.10. The van der Waals surface area contributed by atoms with Gasteiger partial charge in [0.1, 0.15) is 5.75 Å². The Bertz CT molecular complexity index is 1120. The third kappa shape index (κ3) is 3.81. The van der Waals surface area contributed by atoms with Crippen LogP contribution in [-0.4, -0.2) is 21.6 Å². The zero-order chi connectivity index (χ0) is 19.5. The number of nitrogens with zero attached hydrogens (tertiary/aromatic N) is 3. The van der Waals surface area contributed by atoms with Crippen LogP contribution in [0.5, 0.6) is 17.6 Å². The highest BCUT2D eigenvalue weighted by molar-refractivity contribution is 5.78. The lowest BCUT2D eigenvalue weighted by atomic mass is 10.1. The molecule has 28 heavy (non-hydrogen) atoms. The predicted octanol–water partition coefficient (Wildman–Crippen LogP) is 5.48. The van der Waals surface area contributed by atoms with E-state index in [0.29, 0.717) is 35.4 Å². The van der Waals surface area contributed by atoms with E-state index >= 15 is 0 Å². The number of oxazole rings is 1. The smallest absolute Gasteiger partial charge is 0.328 e. The zero-order valence-corrected chi connectivity index (χ0v) is 16.1. The summed E-state index contributed by atoms with van der Waals surface area (Å²) < 4.78 is 17.5. The molecule has 0 saturated carbocycles. The minimum absolute atomic E-state index is 0.163. The van der Waals surface area contributed by atoms with Crippen molar-refractivity contribution in [2.45, 2.75) is 27.2 Å². The van der Waals surface area contributed by atoms with Crippen molar-refractivity contribution in [2.24, 2.45) is 0 Å². The molecule has 0 radical (unpaired) electrons. The summed E-state index contributed by atoms with van der Waals surface area (Å²) in [5.74, 6) is 1.48. The molecule has 0 aliphatic carbocycles. The van der Waals surface area contributed by atoms with Crippen LogP contribution in [0.25, 0.3) is 22.7 Å². The highest BCUT2D eigenvalue weighted by Gasteiger charge is 2.18. The van der Waals surface area contributed by atoms with Gasteiger partial charge in [0, 0.05) is 5.56 Å². The number of ether oxygens (including phenoxy) is 2. The fourth-order valence-corrected chi connectivity index (χ4v) is 2.81. The van der Waals surface area contributed by atoms with Gasteiger partial charge in [-0.15, -0.1) is 0 Å². The first-order valence-electron chi connectivity index (χ1n) is 9.25. The van der Waals surface area contributed by atoms with E-state index in [1.807, 2.05) is 69.3 Å². The van der Waals surface area contributed by atoms with Gasteiger partial charge < -0.3 is 13.9 Å². The molecule has 0 bridgehead atoms. The molecule has 0 unspecified atom stereocenters. The normalized spacial score (nSPS) is 11.0. The lowest BCUT2D eigenvalue weighted by Gasteiger charge is -2.07. The van der Waals surface area contributed by atoms with E-state index in [1.54, 1.807) is 0 Å². The maximum absolute atomic E-state index is 5.91. The van der Waals surface area contributed by atoms with Crippen LogP contribution in [0.1, 0.15) is 24.5 Å². The Morgan fingerprint density at radius 2 is 1.71 bits per heavy atom. The van der Waals surface area contributed by atoms with Crippen LogP contribution >= 0.6 is 0 Å². The minimum Gasteiger partial charge on any atom is -0.476 e. The van der Waals surface area contributed by atoms with Crippen molar-refractivity contribution >= 4 is 11.2 Å². The third-order valence-corrected chi connectivity index (χ3v) is 4.11. The van der Waals surface area contributed by atoms with E-state index in [2.05, 4.69) is 15.0 Å². The summed E-state index contributed by atoms with van der Waals surface area (Å²) in [4.78, 5) is 13.4. The molecule has 4 rings (SSSR count). The molecule has 0 aliphatic heterocycles. The quantitative estimate of drug-likeness (QED) is 0.444. The Hall–Kier alpha value is -3.41. The van der Waals surface area contributed by atoms with Crippen molar-refractivity contribution in [1.29, 1.82) is 0 Å². The number of aromatic nitrogens is 3. The molecule has 142 valence electrons. The van der Waals surface area contributed by atoms with Crippen LogP contribution in [-0.2, 0) is 0 Å². The standard InChI is InChI=1S/C22H21N3O3/c1-4-11-26-20-18-21(28-19(23-18)16-9-5-7-14(2)12-16)25-22(24-20)27-17-10-6-8-15(3)13-17/h5-10,12-13H,4,11H2,1-3H3. The van der Waals surface area contributed by atoms with E-state index < -0.39 is 0 Å². The number of hydrogen-bond donors (Lipinski definition) is 0. The molecule has 0 saturated heterocycles. The highest BCUT2D eigenvalue weighted by atomic mass is 16.5. The van der Waals surface area contributed by atoms with Gasteiger partial charge >= 0.3 is 6.01 Å². The maximum Gasteiger partial charge on any atom is 0.328 e. The lowest BCUT2D eigenvalue weighted by molar-refractivity contribution is 0.302. The predicted molar refractivity (Wildman–Crippen MR) is 107 cm³/mol.